The molecule has 1 N–H and O–H groups in total. The van der Waals surface area contributed by atoms with Crippen LogP contribution in [0, 0.1) is 0 Å². The first kappa shape index (κ1) is 12.0. The molecule has 0 amide bonds. The molecule has 0 bridgehead atoms. The third-order valence-electron chi connectivity index (χ3n) is 3.17. The molecule has 0 radical (unpaired) electrons. The maximum Gasteiger partial charge on any atom is 0.122 e. The molecular formula is C13H12Cl2N2O. The minimum Gasteiger partial charge on any atom is -0.382 e. The van der Waals surface area contributed by atoms with E-state index in [4.69, 9.17) is 23.2 Å². The van der Waals surface area contributed by atoms with Gasteiger partial charge in [0.05, 0.1) is 18.2 Å². The fourth-order valence-electron chi connectivity index (χ4n) is 2.07. The van der Waals surface area contributed by atoms with Crippen LogP contribution in [0.5, 0.6) is 0 Å². The molecule has 0 spiro atoms. The van der Waals surface area contributed by atoms with Crippen LogP contribution in [0.4, 0.5) is 0 Å². The van der Waals surface area contributed by atoms with Gasteiger partial charge in [0.15, 0.2) is 0 Å². The maximum atomic E-state index is 10.4. The highest BCUT2D eigenvalue weighted by molar-refractivity contribution is 6.33. The summed E-state index contributed by atoms with van der Waals surface area (Å²) in [6.07, 6.45) is 4.92. The zero-order chi connectivity index (χ0) is 12.7. The van der Waals surface area contributed by atoms with Crippen molar-refractivity contribution in [3.05, 3.63) is 52.0 Å². The third kappa shape index (κ3) is 2.14. The highest BCUT2D eigenvalue weighted by Crippen LogP contribution is 2.39. The molecule has 3 rings (SSSR count). The lowest BCUT2D eigenvalue weighted by atomic mass is 10.1. The van der Waals surface area contributed by atoms with Gasteiger partial charge in [0.2, 0.25) is 0 Å². The molecule has 18 heavy (non-hydrogen) atoms. The summed E-state index contributed by atoms with van der Waals surface area (Å²) in [6, 6.07) is 5.56. The van der Waals surface area contributed by atoms with E-state index in [2.05, 4.69) is 4.98 Å². The van der Waals surface area contributed by atoms with Gasteiger partial charge in [-0.15, -0.1) is 0 Å². The number of benzene rings is 1. The quantitative estimate of drug-likeness (QED) is 0.934. The Morgan fingerprint density at radius 2 is 2.11 bits per heavy atom. The Kier molecular flexibility index (Phi) is 3.06. The molecule has 1 saturated carbocycles. The second kappa shape index (κ2) is 4.57. The Morgan fingerprint density at radius 3 is 2.83 bits per heavy atom. The van der Waals surface area contributed by atoms with E-state index in [9.17, 15) is 5.11 Å². The molecule has 1 aliphatic carbocycles. The highest BCUT2D eigenvalue weighted by Gasteiger charge is 2.28. The molecule has 0 saturated heterocycles. The number of hydrogen-bond donors (Lipinski definition) is 1. The molecule has 1 heterocycles. The van der Waals surface area contributed by atoms with Gasteiger partial charge in [-0.2, -0.15) is 0 Å². The minimum absolute atomic E-state index is 0.468. The fraction of sp³-hybridized carbons (Fsp3) is 0.308. The Hall–Kier alpha value is -1.03. The van der Waals surface area contributed by atoms with Crippen molar-refractivity contribution in [2.75, 3.05) is 0 Å². The first-order valence-electron chi connectivity index (χ1n) is 5.81. The number of imidazole rings is 1. The van der Waals surface area contributed by atoms with Crippen LogP contribution in [0.25, 0.3) is 0 Å². The average Bonchev–Trinajstić information content (AvgIpc) is 3.09. The van der Waals surface area contributed by atoms with Gasteiger partial charge in [-0.3, -0.25) is 0 Å². The van der Waals surface area contributed by atoms with Crippen molar-refractivity contribution in [2.45, 2.75) is 25.0 Å². The van der Waals surface area contributed by atoms with Crippen molar-refractivity contribution >= 4 is 23.2 Å². The van der Waals surface area contributed by atoms with Gasteiger partial charge in [0, 0.05) is 21.7 Å². The van der Waals surface area contributed by atoms with E-state index in [0.29, 0.717) is 21.7 Å². The monoisotopic (exact) mass is 282 g/mol. The highest BCUT2D eigenvalue weighted by atomic mass is 35.5. The van der Waals surface area contributed by atoms with E-state index in [1.165, 1.54) is 0 Å². The van der Waals surface area contributed by atoms with Crippen LogP contribution in [0.1, 0.15) is 36.2 Å². The van der Waals surface area contributed by atoms with Gasteiger partial charge in [0.25, 0.3) is 0 Å². The number of rotatable bonds is 3. The van der Waals surface area contributed by atoms with E-state index in [0.717, 1.165) is 18.5 Å². The zero-order valence-electron chi connectivity index (χ0n) is 9.55. The van der Waals surface area contributed by atoms with Crippen LogP contribution in [-0.4, -0.2) is 14.7 Å². The second-order valence-corrected chi connectivity index (χ2v) is 5.37. The molecule has 1 aromatic carbocycles. The van der Waals surface area contributed by atoms with Crippen molar-refractivity contribution in [3.63, 3.8) is 0 Å². The summed E-state index contributed by atoms with van der Waals surface area (Å²) in [5.74, 6) is 0. The maximum absolute atomic E-state index is 10.4. The van der Waals surface area contributed by atoms with Crippen LogP contribution in [0.3, 0.4) is 0 Å². The number of hydrogen-bond acceptors (Lipinski definition) is 2. The van der Waals surface area contributed by atoms with Gasteiger partial charge < -0.3 is 9.67 Å². The fourth-order valence-corrected chi connectivity index (χ4v) is 2.47. The Balaban J connectivity index is 2.00. The van der Waals surface area contributed by atoms with Gasteiger partial charge in [0.1, 0.15) is 6.10 Å². The summed E-state index contributed by atoms with van der Waals surface area (Å²) >= 11 is 12.1. The largest absolute Gasteiger partial charge is 0.382 e. The molecule has 94 valence electrons. The van der Waals surface area contributed by atoms with Crippen molar-refractivity contribution in [2.24, 2.45) is 0 Å². The molecule has 3 nitrogen and oxygen atoms in total. The smallest absolute Gasteiger partial charge is 0.122 e. The van der Waals surface area contributed by atoms with Crippen LogP contribution >= 0.6 is 23.2 Å². The second-order valence-electron chi connectivity index (χ2n) is 4.53. The molecular weight excluding hydrogens is 271 g/mol. The number of nitrogens with zero attached hydrogens (tertiary/aromatic N) is 2. The lowest BCUT2D eigenvalue weighted by molar-refractivity contribution is 0.210. The molecule has 1 aromatic heterocycles. The van der Waals surface area contributed by atoms with Crippen LogP contribution in [0.15, 0.2) is 30.7 Å². The van der Waals surface area contributed by atoms with Crippen molar-refractivity contribution in [1.29, 1.82) is 0 Å². The van der Waals surface area contributed by atoms with Gasteiger partial charge in [-0.25, -0.2) is 4.98 Å². The van der Waals surface area contributed by atoms with Crippen molar-refractivity contribution < 1.29 is 5.11 Å². The topological polar surface area (TPSA) is 38.1 Å². The normalized spacial score (nSPS) is 16.8. The van der Waals surface area contributed by atoms with E-state index >= 15 is 0 Å². The van der Waals surface area contributed by atoms with E-state index in [-0.39, 0.29) is 0 Å². The number of aromatic nitrogens is 2. The average molecular weight is 283 g/mol. The summed E-state index contributed by atoms with van der Waals surface area (Å²) in [5.41, 5.74) is 1.38. The van der Waals surface area contributed by atoms with Crippen molar-refractivity contribution in [3.8, 4) is 0 Å². The molecule has 1 atom stereocenters. The Bertz CT molecular complexity index is 578. The molecule has 5 heteroatoms. The summed E-state index contributed by atoms with van der Waals surface area (Å²) in [6.45, 7) is 0. The standard InChI is InChI=1S/C13H12Cl2N2O/c14-8-1-4-11(15)10(5-8)13(18)12-6-16-7-17(12)9-2-3-9/h1,4-7,9,13,18H,2-3H2. The summed E-state index contributed by atoms with van der Waals surface area (Å²) in [7, 11) is 0. The Morgan fingerprint density at radius 1 is 1.33 bits per heavy atom. The first-order valence-corrected chi connectivity index (χ1v) is 6.57. The van der Waals surface area contributed by atoms with E-state index in [1.807, 2.05) is 4.57 Å². The predicted molar refractivity (Wildman–Crippen MR) is 71.0 cm³/mol. The molecule has 0 aliphatic heterocycles. The summed E-state index contributed by atoms with van der Waals surface area (Å²) in [5, 5.41) is 11.5. The van der Waals surface area contributed by atoms with Gasteiger partial charge in [-0.1, -0.05) is 23.2 Å². The summed E-state index contributed by atoms with van der Waals surface area (Å²) < 4.78 is 2.02. The van der Waals surface area contributed by atoms with Crippen LogP contribution < -0.4 is 0 Å². The Labute approximate surface area is 115 Å². The molecule has 2 aromatic rings. The van der Waals surface area contributed by atoms with Gasteiger partial charge >= 0.3 is 0 Å². The molecule has 1 unspecified atom stereocenters. The predicted octanol–water partition coefficient (Wildman–Crippen LogP) is 3.61. The zero-order valence-corrected chi connectivity index (χ0v) is 11.1. The van der Waals surface area contributed by atoms with Gasteiger partial charge in [-0.05, 0) is 31.0 Å². The minimum atomic E-state index is -0.792. The molecule has 1 fully saturated rings. The number of aliphatic hydroxyl groups excluding tert-OH is 1. The molecule has 1 aliphatic rings. The van der Waals surface area contributed by atoms with E-state index < -0.39 is 6.10 Å². The van der Waals surface area contributed by atoms with E-state index in [1.54, 1.807) is 30.7 Å². The lowest BCUT2D eigenvalue weighted by Crippen LogP contribution is -2.07. The van der Waals surface area contributed by atoms with Crippen LogP contribution in [0.2, 0.25) is 10.0 Å². The lowest BCUT2D eigenvalue weighted by Gasteiger charge is -2.15. The van der Waals surface area contributed by atoms with Crippen LogP contribution in [-0.2, 0) is 0 Å². The number of aliphatic hydroxyl groups is 1. The SMILES string of the molecule is OC(c1cc(Cl)ccc1Cl)c1cncn1C1CC1. The summed E-state index contributed by atoms with van der Waals surface area (Å²) in [4.78, 5) is 4.11. The number of halogens is 2. The third-order valence-corrected chi connectivity index (χ3v) is 3.75. The first-order chi connectivity index (χ1) is 8.66. The van der Waals surface area contributed by atoms with Crippen molar-refractivity contribution in [1.82, 2.24) is 9.55 Å².